The van der Waals surface area contributed by atoms with Crippen LogP contribution in [0.2, 0.25) is 0 Å². The first-order chi connectivity index (χ1) is 10.0. The molecule has 0 spiro atoms. The minimum atomic E-state index is -0.341. The maximum absolute atomic E-state index is 9.74. The van der Waals surface area contributed by atoms with E-state index in [1.807, 2.05) is 13.0 Å². The monoisotopic (exact) mass is 288 g/mol. The lowest BCUT2D eigenvalue weighted by molar-refractivity contribution is 0.195. The molecule has 0 saturated heterocycles. The molecule has 1 atom stereocenters. The maximum Gasteiger partial charge on any atom is 0.146 e. The second-order valence-electron chi connectivity index (χ2n) is 4.86. The quantitative estimate of drug-likeness (QED) is 0.500. The van der Waals surface area contributed by atoms with Crippen LogP contribution in [0, 0.1) is 0 Å². The first-order valence-electron chi connectivity index (χ1n) is 6.86. The standard InChI is InChI=1S/C16H20N2O3/c1-2-5-13(10-6-3-7-11(19)15(10)17)21-14-9-4-8-12(20)16(14)18/h3-4,6-9,13,19-20H,2,5,17-18H2,1H3. The molecule has 2 aromatic rings. The van der Waals surface area contributed by atoms with E-state index in [-0.39, 0.29) is 23.3 Å². The summed E-state index contributed by atoms with van der Waals surface area (Å²) in [5.74, 6) is 0.406. The SMILES string of the molecule is CCCC(Oc1cccc(O)c1N)c1cccc(O)c1N. The zero-order chi connectivity index (χ0) is 15.4. The summed E-state index contributed by atoms with van der Waals surface area (Å²) in [6, 6.07) is 9.92. The van der Waals surface area contributed by atoms with Gasteiger partial charge in [0.05, 0.1) is 5.69 Å². The number of nitrogen functional groups attached to an aromatic ring is 2. The first-order valence-corrected chi connectivity index (χ1v) is 6.86. The van der Waals surface area contributed by atoms with Gasteiger partial charge >= 0.3 is 0 Å². The summed E-state index contributed by atoms with van der Waals surface area (Å²) in [7, 11) is 0. The van der Waals surface area contributed by atoms with Crippen LogP contribution in [0.1, 0.15) is 31.4 Å². The number of nitrogens with two attached hydrogens (primary N) is 2. The van der Waals surface area contributed by atoms with Gasteiger partial charge < -0.3 is 26.4 Å². The third-order valence-electron chi connectivity index (χ3n) is 3.33. The number of phenols is 2. The minimum Gasteiger partial charge on any atom is -0.506 e. The molecule has 6 N–H and O–H groups in total. The van der Waals surface area contributed by atoms with E-state index in [0.717, 1.165) is 6.42 Å². The molecule has 1 unspecified atom stereocenters. The Balaban J connectivity index is 2.35. The Kier molecular flexibility index (Phi) is 4.42. The van der Waals surface area contributed by atoms with Gasteiger partial charge in [-0.05, 0) is 24.6 Å². The molecule has 0 aliphatic rings. The fourth-order valence-corrected chi connectivity index (χ4v) is 2.18. The highest BCUT2D eigenvalue weighted by atomic mass is 16.5. The molecule has 0 heterocycles. The highest BCUT2D eigenvalue weighted by molar-refractivity contribution is 5.63. The number of hydrogen-bond donors (Lipinski definition) is 4. The van der Waals surface area contributed by atoms with Gasteiger partial charge in [0.25, 0.3) is 0 Å². The van der Waals surface area contributed by atoms with Gasteiger partial charge in [-0.15, -0.1) is 0 Å². The maximum atomic E-state index is 9.74. The van der Waals surface area contributed by atoms with Crippen molar-refractivity contribution in [3.05, 3.63) is 42.0 Å². The Morgan fingerprint density at radius 2 is 1.62 bits per heavy atom. The van der Waals surface area contributed by atoms with Crippen molar-refractivity contribution in [1.29, 1.82) is 0 Å². The molecule has 21 heavy (non-hydrogen) atoms. The number of rotatable bonds is 5. The molecule has 5 heteroatoms. The normalized spacial score (nSPS) is 12.0. The smallest absolute Gasteiger partial charge is 0.146 e. The second kappa shape index (κ2) is 6.26. The molecule has 0 amide bonds. The van der Waals surface area contributed by atoms with Crippen molar-refractivity contribution in [3.63, 3.8) is 0 Å². The number of para-hydroxylation sites is 2. The molecule has 2 rings (SSSR count). The fraction of sp³-hybridized carbons (Fsp3) is 0.250. The molecule has 5 nitrogen and oxygen atoms in total. The van der Waals surface area contributed by atoms with E-state index in [2.05, 4.69) is 0 Å². The zero-order valence-corrected chi connectivity index (χ0v) is 11.9. The van der Waals surface area contributed by atoms with Crippen molar-refractivity contribution in [3.8, 4) is 17.2 Å². The van der Waals surface area contributed by atoms with Crippen LogP contribution in [0.15, 0.2) is 36.4 Å². The fourth-order valence-electron chi connectivity index (χ4n) is 2.18. The molecule has 0 aromatic heterocycles. The minimum absolute atomic E-state index is 0.0216. The molecule has 0 bridgehead atoms. The van der Waals surface area contributed by atoms with Crippen LogP contribution in [0.4, 0.5) is 11.4 Å². The van der Waals surface area contributed by atoms with Crippen molar-refractivity contribution in [1.82, 2.24) is 0 Å². The lowest BCUT2D eigenvalue weighted by atomic mass is 10.0. The summed E-state index contributed by atoms with van der Waals surface area (Å²) in [5, 5.41) is 19.4. The molecule has 0 fully saturated rings. The molecule has 112 valence electrons. The first kappa shape index (κ1) is 14.8. The topological polar surface area (TPSA) is 102 Å². The predicted molar refractivity (Wildman–Crippen MR) is 83.3 cm³/mol. The van der Waals surface area contributed by atoms with Gasteiger partial charge in [-0.1, -0.05) is 31.5 Å². The van der Waals surface area contributed by atoms with E-state index in [4.69, 9.17) is 16.2 Å². The van der Waals surface area contributed by atoms with Crippen molar-refractivity contribution >= 4 is 11.4 Å². The Hall–Kier alpha value is -2.56. The van der Waals surface area contributed by atoms with E-state index in [9.17, 15) is 10.2 Å². The van der Waals surface area contributed by atoms with E-state index in [0.29, 0.717) is 23.4 Å². The average Bonchev–Trinajstić information content (AvgIpc) is 2.46. The van der Waals surface area contributed by atoms with Gasteiger partial charge in [-0.25, -0.2) is 0 Å². The number of ether oxygens (including phenoxy) is 1. The van der Waals surface area contributed by atoms with Gasteiger partial charge in [-0.2, -0.15) is 0 Å². The Labute approximate surface area is 123 Å². The zero-order valence-electron chi connectivity index (χ0n) is 11.9. The van der Waals surface area contributed by atoms with Crippen LogP contribution in [-0.2, 0) is 0 Å². The van der Waals surface area contributed by atoms with Crippen LogP contribution in [0.3, 0.4) is 0 Å². The van der Waals surface area contributed by atoms with Crippen LogP contribution in [0.25, 0.3) is 0 Å². The summed E-state index contributed by atoms with van der Waals surface area (Å²) in [6.45, 7) is 2.03. The van der Waals surface area contributed by atoms with Gasteiger partial charge in [0.2, 0.25) is 0 Å². The van der Waals surface area contributed by atoms with E-state index >= 15 is 0 Å². The molecular formula is C16H20N2O3. The van der Waals surface area contributed by atoms with Crippen LogP contribution < -0.4 is 16.2 Å². The van der Waals surface area contributed by atoms with Crippen molar-refractivity contribution in [2.45, 2.75) is 25.9 Å². The van der Waals surface area contributed by atoms with Crippen molar-refractivity contribution in [2.24, 2.45) is 0 Å². The van der Waals surface area contributed by atoms with E-state index in [1.165, 1.54) is 12.1 Å². The largest absolute Gasteiger partial charge is 0.506 e. The second-order valence-corrected chi connectivity index (χ2v) is 4.86. The molecule has 0 aliphatic carbocycles. The summed E-state index contributed by atoms with van der Waals surface area (Å²) in [4.78, 5) is 0. The van der Waals surface area contributed by atoms with Crippen LogP contribution in [-0.4, -0.2) is 10.2 Å². The van der Waals surface area contributed by atoms with Gasteiger partial charge in [0.15, 0.2) is 0 Å². The van der Waals surface area contributed by atoms with Crippen LogP contribution in [0.5, 0.6) is 17.2 Å². The summed E-state index contributed by atoms with van der Waals surface area (Å²) >= 11 is 0. The van der Waals surface area contributed by atoms with E-state index < -0.39 is 0 Å². The Bertz CT molecular complexity index is 629. The average molecular weight is 288 g/mol. The van der Waals surface area contributed by atoms with Crippen molar-refractivity contribution < 1.29 is 14.9 Å². The number of phenolic OH excluding ortho intramolecular Hbond substituents is 2. The van der Waals surface area contributed by atoms with Gasteiger partial charge in [-0.3, -0.25) is 0 Å². The number of aromatic hydroxyl groups is 2. The number of hydrogen-bond acceptors (Lipinski definition) is 5. The Morgan fingerprint density at radius 1 is 1.00 bits per heavy atom. The van der Waals surface area contributed by atoms with Gasteiger partial charge in [0, 0.05) is 5.56 Å². The molecular weight excluding hydrogens is 268 g/mol. The summed E-state index contributed by atoms with van der Waals surface area (Å²) in [6.07, 6.45) is 1.24. The molecule has 2 aromatic carbocycles. The summed E-state index contributed by atoms with van der Waals surface area (Å²) < 4.78 is 5.91. The Morgan fingerprint density at radius 3 is 2.29 bits per heavy atom. The summed E-state index contributed by atoms with van der Waals surface area (Å²) in [5.41, 5.74) is 12.9. The lowest BCUT2D eigenvalue weighted by Gasteiger charge is -2.22. The third-order valence-corrected chi connectivity index (χ3v) is 3.33. The third kappa shape index (κ3) is 3.13. The number of benzene rings is 2. The highest BCUT2D eigenvalue weighted by Gasteiger charge is 2.19. The molecule has 0 radical (unpaired) electrons. The highest BCUT2D eigenvalue weighted by Crippen LogP contribution is 2.37. The molecule has 0 saturated carbocycles. The molecule has 0 aliphatic heterocycles. The number of anilines is 2. The van der Waals surface area contributed by atoms with Crippen molar-refractivity contribution in [2.75, 3.05) is 11.5 Å². The van der Waals surface area contributed by atoms with E-state index in [1.54, 1.807) is 18.2 Å². The van der Waals surface area contributed by atoms with Gasteiger partial charge in [0.1, 0.15) is 29.0 Å². The lowest BCUT2D eigenvalue weighted by Crippen LogP contribution is -2.11. The predicted octanol–water partition coefficient (Wildman–Crippen LogP) is 3.18. The van der Waals surface area contributed by atoms with Crippen LogP contribution >= 0.6 is 0 Å².